The average molecular weight is 736 g/mol. The van der Waals surface area contributed by atoms with Crippen LogP contribution in [0, 0.1) is 11.8 Å². The van der Waals surface area contributed by atoms with E-state index in [2.05, 4.69) is 48.5 Å². The maximum atomic E-state index is 14.2. The Bertz CT molecular complexity index is 1250. The highest BCUT2D eigenvalue weighted by atomic mass is 16.7. The van der Waals surface area contributed by atoms with Gasteiger partial charge >= 0.3 is 0 Å². The molecular weight excluding hydrogens is 666 g/mol. The van der Waals surface area contributed by atoms with Crippen molar-refractivity contribution >= 4 is 29.8 Å². The van der Waals surface area contributed by atoms with Gasteiger partial charge in [0.25, 0.3) is 5.91 Å². The van der Waals surface area contributed by atoms with Crippen LogP contribution in [0.4, 0.5) is 5.69 Å². The first-order chi connectivity index (χ1) is 24.2. The summed E-state index contributed by atoms with van der Waals surface area (Å²) in [6, 6.07) is 4.09. The molecule has 2 unspecified atom stereocenters. The molecule has 0 aliphatic heterocycles. The molecule has 0 spiro atoms. The lowest BCUT2D eigenvalue weighted by atomic mass is 9.97. The van der Waals surface area contributed by atoms with Crippen molar-refractivity contribution in [1.29, 1.82) is 0 Å². The minimum Gasteiger partial charge on any atom is -0.378 e. The summed E-state index contributed by atoms with van der Waals surface area (Å²) in [6.07, 6.45) is 0.361. The topological polar surface area (TPSA) is 148 Å². The molecule has 0 aliphatic carbocycles. The number of nitrogens with zero attached hydrogens (tertiary/aromatic N) is 2. The Kier molecular flexibility index (Phi) is 20.0. The number of hydrogen-bond acceptors (Lipinski definition) is 9. The lowest BCUT2D eigenvalue weighted by molar-refractivity contribution is -0.131. The molecule has 0 radical (unpaired) electrons. The molecule has 1 rings (SSSR count). The average Bonchev–Trinajstić information content (AvgIpc) is 3.01. The molecule has 0 bridgehead atoms. The molecule has 0 aliphatic rings. The van der Waals surface area contributed by atoms with E-state index < -0.39 is 17.9 Å². The van der Waals surface area contributed by atoms with Gasteiger partial charge in [-0.15, -0.1) is 0 Å². The first-order valence-corrected chi connectivity index (χ1v) is 18.4. The molecule has 298 valence electrons. The number of ether oxygens (including phenoxy) is 4. The van der Waals surface area contributed by atoms with Gasteiger partial charge in [-0.2, -0.15) is 0 Å². The SMILES string of the molecule is COC(Cc1ccc(C(=O)N(CCOCCOCCN(C(C)C)C(C(=O)NC(C)(C)C)C(C)C)C(C(=O)NC(C)(C)C)C(C)C)cc1NC=O)OC. The highest BCUT2D eigenvalue weighted by molar-refractivity contribution is 5.99. The molecule has 0 saturated carbocycles. The fourth-order valence-corrected chi connectivity index (χ4v) is 5.96. The highest BCUT2D eigenvalue weighted by Crippen LogP contribution is 2.24. The molecule has 13 nitrogen and oxygen atoms in total. The van der Waals surface area contributed by atoms with Crippen molar-refractivity contribution < 1.29 is 38.1 Å². The molecule has 0 fully saturated rings. The van der Waals surface area contributed by atoms with Crippen molar-refractivity contribution in [3.8, 4) is 0 Å². The van der Waals surface area contributed by atoms with Crippen molar-refractivity contribution in [1.82, 2.24) is 20.4 Å². The summed E-state index contributed by atoms with van der Waals surface area (Å²) in [5.41, 5.74) is 0.640. The lowest BCUT2D eigenvalue weighted by Crippen LogP contribution is -2.56. The van der Waals surface area contributed by atoms with Gasteiger partial charge in [0.1, 0.15) is 6.04 Å². The van der Waals surface area contributed by atoms with Crippen LogP contribution in [0.5, 0.6) is 0 Å². The van der Waals surface area contributed by atoms with Crippen LogP contribution < -0.4 is 16.0 Å². The van der Waals surface area contributed by atoms with E-state index in [9.17, 15) is 19.2 Å². The fraction of sp³-hybridized carbons (Fsp3) is 0.744. The standard InChI is InChI=1S/C39H69N5O8/c1-26(2)33(35(46)41-38(7,8)9)43(28(5)6)17-19-51-21-22-52-20-18-44(34(27(3)4)36(47)42-39(10,11)12)37(48)30-16-15-29(24-32(49-13)50-14)31(23-30)40-25-45/h15-16,23,25-28,32-34H,17-22,24H2,1-14H3,(H,40,45)(H,41,46)(H,42,47). The van der Waals surface area contributed by atoms with Crippen molar-refractivity contribution in [2.75, 3.05) is 59.1 Å². The molecule has 2 atom stereocenters. The molecule has 13 heteroatoms. The molecule has 0 saturated heterocycles. The second-order valence-corrected chi connectivity index (χ2v) is 16.2. The largest absolute Gasteiger partial charge is 0.378 e. The first-order valence-electron chi connectivity index (χ1n) is 18.4. The fourth-order valence-electron chi connectivity index (χ4n) is 5.96. The zero-order valence-corrected chi connectivity index (χ0v) is 34.4. The van der Waals surface area contributed by atoms with Gasteiger partial charge in [-0.3, -0.25) is 24.1 Å². The van der Waals surface area contributed by atoms with E-state index in [1.54, 1.807) is 18.2 Å². The second-order valence-electron chi connectivity index (χ2n) is 16.2. The highest BCUT2D eigenvalue weighted by Gasteiger charge is 2.35. The summed E-state index contributed by atoms with van der Waals surface area (Å²) in [5.74, 6) is -0.733. The molecule has 52 heavy (non-hydrogen) atoms. The van der Waals surface area contributed by atoms with E-state index in [0.29, 0.717) is 43.8 Å². The van der Waals surface area contributed by atoms with Gasteiger partial charge < -0.3 is 39.8 Å². The minimum atomic E-state index is -0.786. The van der Waals surface area contributed by atoms with Crippen molar-refractivity contribution in [3.63, 3.8) is 0 Å². The number of methoxy groups -OCH3 is 2. The minimum absolute atomic E-state index is 0.00696. The Morgan fingerprint density at radius 1 is 0.750 bits per heavy atom. The predicted molar refractivity (Wildman–Crippen MR) is 205 cm³/mol. The smallest absolute Gasteiger partial charge is 0.254 e. The first kappa shape index (κ1) is 46.9. The Hall–Kier alpha value is -3.10. The zero-order valence-electron chi connectivity index (χ0n) is 34.4. The van der Waals surface area contributed by atoms with E-state index in [-0.39, 0.29) is 66.9 Å². The molecule has 4 amide bonds. The van der Waals surface area contributed by atoms with E-state index in [1.807, 2.05) is 55.4 Å². The molecule has 0 heterocycles. The monoisotopic (exact) mass is 736 g/mol. The number of carbonyl (C=O) groups is 4. The summed E-state index contributed by atoms with van der Waals surface area (Å²) in [5, 5.41) is 8.83. The van der Waals surface area contributed by atoms with E-state index in [1.165, 1.54) is 19.1 Å². The van der Waals surface area contributed by atoms with Crippen LogP contribution in [0.1, 0.15) is 99.0 Å². The maximum absolute atomic E-state index is 14.2. The number of anilines is 1. The number of rotatable bonds is 23. The van der Waals surface area contributed by atoms with Gasteiger partial charge in [-0.25, -0.2) is 0 Å². The van der Waals surface area contributed by atoms with Gasteiger partial charge in [0.2, 0.25) is 18.2 Å². The summed E-state index contributed by atoms with van der Waals surface area (Å²) >= 11 is 0. The van der Waals surface area contributed by atoms with Gasteiger partial charge in [0.15, 0.2) is 6.29 Å². The number of carbonyl (C=O) groups excluding carboxylic acids is 4. The quantitative estimate of drug-likeness (QED) is 0.0841. The lowest BCUT2D eigenvalue weighted by Gasteiger charge is -2.38. The zero-order chi connectivity index (χ0) is 39.8. The Morgan fingerprint density at radius 3 is 1.69 bits per heavy atom. The number of amides is 4. The third-order valence-electron chi connectivity index (χ3n) is 8.24. The number of nitrogens with one attached hydrogen (secondary N) is 3. The third kappa shape index (κ3) is 16.3. The molecular formula is C39H69N5O8. The Morgan fingerprint density at radius 2 is 1.25 bits per heavy atom. The third-order valence-corrected chi connectivity index (χ3v) is 8.24. The van der Waals surface area contributed by atoms with Crippen LogP contribution in [-0.2, 0) is 39.8 Å². The summed E-state index contributed by atoms with van der Waals surface area (Å²) < 4.78 is 22.5. The summed E-state index contributed by atoms with van der Waals surface area (Å²) in [4.78, 5) is 56.2. The van der Waals surface area contributed by atoms with Gasteiger partial charge in [-0.05, 0) is 84.9 Å². The van der Waals surface area contributed by atoms with E-state index in [0.717, 1.165) is 5.56 Å². The van der Waals surface area contributed by atoms with Gasteiger partial charge in [0, 0.05) is 62.1 Å². The van der Waals surface area contributed by atoms with Crippen LogP contribution in [0.15, 0.2) is 18.2 Å². The summed E-state index contributed by atoms with van der Waals surface area (Å²) in [7, 11) is 3.05. The number of benzene rings is 1. The maximum Gasteiger partial charge on any atom is 0.254 e. The van der Waals surface area contributed by atoms with E-state index >= 15 is 0 Å². The predicted octanol–water partition coefficient (Wildman–Crippen LogP) is 4.48. The van der Waals surface area contributed by atoms with Gasteiger partial charge in [0.05, 0.1) is 32.5 Å². The van der Waals surface area contributed by atoms with E-state index in [4.69, 9.17) is 18.9 Å². The van der Waals surface area contributed by atoms with Crippen molar-refractivity contribution in [3.05, 3.63) is 29.3 Å². The normalized spacial score (nSPS) is 13.5. The van der Waals surface area contributed by atoms with Crippen molar-refractivity contribution in [2.24, 2.45) is 11.8 Å². The van der Waals surface area contributed by atoms with Crippen molar-refractivity contribution in [2.45, 2.75) is 125 Å². The molecule has 0 aromatic heterocycles. The van der Waals surface area contributed by atoms with Crippen LogP contribution >= 0.6 is 0 Å². The number of hydrogen-bond donors (Lipinski definition) is 3. The molecule has 3 N–H and O–H groups in total. The second kappa shape index (κ2) is 22.2. The molecule has 1 aromatic carbocycles. The van der Waals surface area contributed by atoms with Crippen LogP contribution in [0.2, 0.25) is 0 Å². The summed E-state index contributed by atoms with van der Waals surface area (Å²) in [6.45, 7) is 25.6. The van der Waals surface area contributed by atoms with Crippen LogP contribution in [0.25, 0.3) is 0 Å². The Labute approximate surface area is 313 Å². The van der Waals surface area contributed by atoms with Crippen LogP contribution in [0.3, 0.4) is 0 Å². The molecule has 1 aromatic rings. The van der Waals surface area contributed by atoms with Crippen LogP contribution in [-0.4, -0.2) is 123 Å². The van der Waals surface area contributed by atoms with Gasteiger partial charge in [-0.1, -0.05) is 33.8 Å². The Balaban J connectivity index is 3.08.